The Hall–Kier alpha value is -1.90. The molecule has 9 heteroatoms. The first kappa shape index (κ1) is 16.5. The Morgan fingerprint density at radius 3 is 2.41 bits per heavy atom. The van der Waals surface area contributed by atoms with Crippen LogP contribution in [0.25, 0.3) is 5.78 Å². The average Bonchev–Trinajstić information content (AvgIpc) is 2.76. The first-order valence-electron chi connectivity index (χ1n) is 6.87. The fourth-order valence-electron chi connectivity index (χ4n) is 1.86. The van der Waals surface area contributed by atoms with Crippen LogP contribution >= 0.6 is 0 Å². The number of halogens is 3. The topological polar surface area (TPSA) is 67.1 Å². The van der Waals surface area contributed by atoms with Crippen LogP contribution in [0.3, 0.4) is 0 Å². The van der Waals surface area contributed by atoms with Crippen molar-refractivity contribution >= 4 is 11.6 Å². The predicted molar refractivity (Wildman–Crippen MR) is 76.8 cm³/mol. The monoisotopic (exact) mass is 316 g/mol. The largest absolute Gasteiger partial charge is 0.453 e. The highest BCUT2D eigenvalue weighted by atomic mass is 19.4. The highest BCUT2D eigenvalue weighted by Crippen LogP contribution is 2.27. The molecule has 0 spiro atoms. The number of hydrogen-bond donors (Lipinski definition) is 2. The lowest BCUT2D eigenvalue weighted by molar-refractivity contribution is -0.144. The number of hydrogen-bond acceptors (Lipinski definition) is 5. The molecule has 0 aliphatic carbocycles. The van der Waals surface area contributed by atoms with Gasteiger partial charge in [0.15, 0.2) is 0 Å². The van der Waals surface area contributed by atoms with E-state index in [1.165, 1.54) is 0 Å². The van der Waals surface area contributed by atoms with Gasteiger partial charge in [-0.1, -0.05) is 0 Å². The molecule has 0 saturated carbocycles. The van der Waals surface area contributed by atoms with Gasteiger partial charge in [0, 0.05) is 30.4 Å². The summed E-state index contributed by atoms with van der Waals surface area (Å²) in [5.41, 5.74) is 0.543. The molecule has 0 aliphatic heterocycles. The van der Waals surface area contributed by atoms with Crippen molar-refractivity contribution < 1.29 is 13.2 Å². The van der Waals surface area contributed by atoms with Gasteiger partial charge in [-0.05, 0) is 27.7 Å². The van der Waals surface area contributed by atoms with E-state index < -0.39 is 12.0 Å². The number of alkyl halides is 3. The SMILES string of the molecule is Cc1cc(NCCNC(C)(C)C)n2nc(C(F)(F)F)nc2n1. The van der Waals surface area contributed by atoms with Crippen molar-refractivity contribution in [3.05, 3.63) is 17.6 Å². The molecular weight excluding hydrogens is 297 g/mol. The van der Waals surface area contributed by atoms with E-state index in [9.17, 15) is 13.2 Å². The molecule has 0 aliphatic rings. The molecule has 0 radical (unpaired) electrons. The van der Waals surface area contributed by atoms with Crippen LogP contribution in [0.2, 0.25) is 0 Å². The summed E-state index contributed by atoms with van der Waals surface area (Å²) in [6.45, 7) is 9.00. The third kappa shape index (κ3) is 4.06. The van der Waals surface area contributed by atoms with Crippen LogP contribution in [-0.4, -0.2) is 38.2 Å². The molecule has 6 nitrogen and oxygen atoms in total. The number of nitrogens with one attached hydrogen (secondary N) is 2. The molecular formula is C13H19F3N6. The molecule has 2 heterocycles. The van der Waals surface area contributed by atoms with Crippen molar-refractivity contribution in [1.29, 1.82) is 0 Å². The van der Waals surface area contributed by atoms with Crippen LogP contribution in [-0.2, 0) is 6.18 Å². The van der Waals surface area contributed by atoms with Gasteiger partial charge in [0.2, 0.25) is 0 Å². The average molecular weight is 316 g/mol. The minimum atomic E-state index is -4.59. The Kier molecular flexibility index (Phi) is 4.28. The fourth-order valence-corrected chi connectivity index (χ4v) is 1.86. The second-order valence-corrected chi connectivity index (χ2v) is 6.03. The van der Waals surface area contributed by atoms with Crippen molar-refractivity contribution in [3.63, 3.8) is 0 Å². The molecule has 122 valence electrons. The maximum Gasteiger partial charge on any atom is 0.453 e. The molecule has 2 aromatic rings. The lowest BCUT2D eigenvalue weighted by Crippen LogP contribution is -2.38. The lowest BCUT2D eigenvalue weighted by atomic mass is 10.1. The van der Waals surface area contributed by atoms with Gasteiger partial charge in [-0.15, -0.1) is 5.10 Å². The van der Waals surface area contributed by atoms with E-state index in [-0.39, 0.29) is 11.3 Å². The predicted octanol–water partition coefficient (Wildman–Crippen LogP) is 2.25. The van der Waals surface area contributed by atoms with E-state index in [0.29, 0.717) is 24.6 Å². The number of anilines is 1. The van der Waals surface area contributed by atoms with E-state index in [0.717, 1.165) is 4.52 Å². The van der Waals surface area contributed by atoms with E-state index in [1.807, 2.05) is 20.8 Å². The maximum atomic E-state index is 12.7. The Morgan fingerprint density at radius 1 is 1.14 bits per heavy atom. The standard InChI is InChI=1S/C13H19F3N6/c1-8-7-9(17-5-6-18-12(2,3)4)22-11(19-8)20-10(21-22)13(14,15)16/h7,17-18H,5-6H2,1-4H3. The first-order valence-corrected chi connectivity index (χ1v) is 6.87. The molecule has 0 bridgehead atoms. The minimum Gasteiger partial charge on any atom is -0.369 e. The van der Waals surface area contributed by atoms with E-state index in [4.69, 9.17) is 0 Å². The van der Waals surface area contributed by atoms with Gasteiger partial charge < -0.3 is 10.6 Å². The summed E-state index contributed by atoms with van der Waals surface area (Å²) in [5, 5.41) is 9.82. The highest BCUT2D eigenvalue weighted by Gasteiger charge is 2.36. The molecule has 2 rings (SSSR count). The van der Waals surface area contributed by atoms with Crippen molar-refractivity contribution in [2.75, 3.05) is 18.4 Å². The third-order valence-electron chi connectivity index (χ3n) is 2.78. The summed E-state index contributed by atoms with van der Waals surface area (Å²) in [6.07, 6.45) is -4.59. The van der Waals surface area contributed by atoms with Gasteiger partial charge in [-0.25, -0.2) is 4.98 Å². The van der Waals surface area contributed by atoms with Gasteiger partial charge in [0.05, 0.1) is 0 Å². The lowest BCUT2D eigenvalue weighted by Gasteiger charge is -2.20. The van der Waals surface area contributed by atoms with Gasteiger partial charge in [-0.3, -0.25) is 0 Å². The second kappa shape index (κ2) is 5.71. The molecule has 0 amide bonds. The molecule has 0 atom stereocenters. The summed E-state index contributed by atoms with van der Waals surface area (Å²) in [5.74, 6) is -0.832. The molecule has 0 saturated heterocycles. The molecule has 0 unspecified atom stereocenters. The highest BCUT2D eigenvalue weighted by molar-refractivity contribution is 5.45. The third-order valence-corrected chi connectivity index (χ3v) is 2.78. The van der Waals surface area contributed by atoms with E-state index >= 15 is 0 Å². The molecule has 22 heavy (non-hydrogen) atoms. The number of fused-ring (bicyclic) bond motifs is 1. The van der Waals surface area contributed by atoms with E-state index in [2.05, 4.69) is 25.7 Å². The molecule has 0 fully saturated rings. The normalized spacial score (nSPS) is 12.9. The summed E-state index contributed by atoms with van der Waals surface area (Å²) in [4.78, 5) is 7.40. The smallest absolute Gasteiger partial charge is 0.369 e. The summed E-state index contributed by atoms with van der Waals surface area (Å²) in [7, 11) is 0. The van der Waals surface area contributed by atoms with Crippen molar-refractivity contribution in [1.82, 2.24) is 24.9 Å². The zero-order chi connectivity index (χ0) is 16.5. The zero-order valence-electron chi connectivity index (χ0n) is 12.9. The Balaban J connectivity index is 2.20. The van der Waals surface area contributed by atoms with Crippen molar-refractivity contribution in [3.8, 4) is 0 Å². The van der Waals surface area contributed by atoms with Gasteiger partial charge in [0.1, 0.15) is 5.82 Å². The van der Waals surface area contributed by atoms with Crippen LogP contribution in [0.15, 0.2) is 6.07 Å². The Bertz CT molecular complexity index is 656. The van der Waals surface area contributed by atoms with Crippen LogP contribution in [0.1, 0.15) is 32.3 Å². The van der Waals surface area contributed by atoms with Gasteiger partial charge in [0.25, 0.3) is 11.6 Å². The van der Waals surface area contributed by atoms with Crippen molar-refractivity contribution in [2.24, 2.45) is 0 Å². The molecule has 2 N–H and O–H groups in total. The van der Waals surface area contributed by atoms with E-state index in [1.54, 1.807) is 13.0 Å². The zero-order valence-corrected chi connectivity index (χ0v) is 12.9. The summed E-state index contributed by atoms with van der Waals surface area (Å²) < 4.78 is 39.2. The van der Waals surface area contributed by atoms with Crippen LogP contribution < -0.4 is 10.6 Å². The Labute approximate surface area is 126 Å². The number of aromatic nitrogens is 4. The number of rotatable bonds is 4. The van der Waals surface area contributed by atoms with Crippen molar-refractivity contribution in [2.45, 2.75) is 39.4 Å². The maximum absolute atomic E-state index is 12.7. The summed E-state index contributed by atoms with van der Waals surface area (Å²) >= 11 is 0. The van der Waals surface area contributed by atoms with Gasteiger partial charge in [-0.2, -0.15) is 22.7 Å². The first-order chi connectivity index (χ1) is 10.1. The Morgan fingerprint density at radius 2 is 1.82 bits per heavy atom. The second-order valence-electron chi connectivity index (χ2n) is 6.03. The van der Waals surface area contributed by atoms with Crippen LogP contribution in [0.4, 0.5) is 19.0 Å². The summed E-state index contributed by atoms with van der Waals surface area (Å²) in [6, 6.07) is 1.64. The molecule has 0 aromatic carbocycles. The quantitative estimate of drug-likeness (QED) is 0.847. The van der Waals surface area contributed by atoms with Gasteiger partial charge >= 0.3 is 6.18 Å². The van der Waals surface area contributed by atoms with Crippen LogP contribution in [0.5, 0.6) is 0 Å². The molecule has 2 aromatic heterocycles. The van der Waals surface area contributed by atoms with Crippen LogP contribution in [0, 0.1) is 6.92 Å². The fraction of sp³-hybridized carbons (Fsp3) is 0.615. The minimum absolute atomic E-state index is 0.0259. The number of nitrogens with zero attached hydrogens (tertiary/aromatic N) is 4. The number of aryl methyl sites for hydroxylation is 1.